The number of aryl methyl sites for hydroxylation is 2. The molecule has 0 spiro atoms. The number of carbonyl (C=O) groups is 3. The van der Waals surface area contributed by atoms with Crippen molar-refractivity contribution >= 4 is 34.1 Å². The van der Waals surface area contributed by atoms with Crippen LogP contribution in [0.4, 0.5) is 5.00 Å². The third-order valence-corrected chi connectivity index (χ3v) is 6.29. The number of carbonyl (C=O) groups excluding carboxylic acids is 3. The molecule has 8 heteroatoms. The lowest BCUT2D eigenvalue weighted by atomic mass is 9.88. The smallest absolute Gasteiger partial charge is 0.344 e. The molecule has 0 aliphatic heterocycles. The van der Waals surface area contributed by atoms with E-state index in [1.807, 2.05) is 32.0 Å². The van der Waals surface area contributed by atoms with Crippen LogP contribution >= 0.6 is 11.3 Å². The van der Waals surface area contributed by atoms with Crippen molar-refractivity contribution < 1.29 is 23.9 Å². The lowest BCUT2D eigenvalue weighted by molar-refractivity contribution is -0.149. The van der Waals surface area contributed by atoms with Gasteiger partial charge in [-0.3, -0.25) is 9.59 Å². The van der Waals surface area contributed by atoms with Crippen molar-refractivity contribution in [3.05, 3.63) is 45.3 Å². The predicted molar refractivity (Wildman–Crippen MR) is 115 cm³/mol. The molecule has 7 nitrogen and oxygen atoms in total. The average molecular weight is 431 g/mol. The second-order valence-electron chi connectivity index (χ2n) is 7.64. The largest absolute Gasteiger partial charge is 0.481 e. The summed E-state index contributed by atoms with van der Waals surface area (Å²) >= 11 is 1.37. The second kappa shape index (κ2) is 9.30. The topological polar surface area (TPSA) is 108 Å². The lowest BCUT2D eigenvalue weighted by Crippen LogP contribution is -2.25. The number of benzene rings is 1. The highest BCUT2D eigenvalue weighted by molar-refractivity contribution is 7.17. The molecular formula is C22H26N2O5S. The Balaban J connectivity index is 1.56. The van der Waals surface area contributed by atoms with Crippen molar-refractivity contribution in [2.75, 3.05) is 18.5 Å². The molecule has 0 radical (unpaired) electrons. The summed E-state index contributed by atoms with van der Waals surface area (Å²) in [6.45, 7) is 5.17. The van der Waals surface area contributed by atoms with Gasteiger partial charge in [0.15, 0.2) is 13.2 Å². The molecule has 1 aliphatic carbocycles. The third kappa shape index (κ3) is 4.99. The van der Waals surface area contributed by atoms with Gasteiger partial charge in [0.25, 0.3) is 11.8 Å². The monoisotopic (exact) mass is 430 g/mol. The minimum Gasteiger partial charge on any atom is -0.481 e. The first-order valence-electron chi connectivity index (χ1n) is 9.85. The Bertz CT molecular complexity index is 962. The Kier molecular flexibility index (Phi) is 6.77. The highest BCUT2D eigenvalue weighted by Crippen LogP contribution is 2.39. The van der Waals surface area contributed by atoms with Crippen LogP contribution in [-0.4, -0.2) is 31.0 Å². The summed E-state index contributed by atoms with van der Waals surface area (Å²) in [5.74, 6) is -0.579. The SMILES string of the molecule is Cc1cccc(C)c1OCC(=O)OCC(=O)Nc1sc2c(c1C(N)=O)CCC(C)C2. The molecule has 0 saturated carbocycles. The Morgan fingerprint density at radius 1 is 1.20 bits per heavy atom. The zero-order valence-electron chi connectivity index (χ0n) is 17.4. The predicted octanol–water partition coefficient (Wildman–Crippen LogP) is 3.15. The van der Waals surface area contributed by atoms with Gasteiger partial charge in [0.1, 0.15) is 10.8 Å². The van der Waals surface area contributed by atoms with Crippen molar-refractivity contribution in [1.29, 1.82) is 0 Å². The molecule has 1 atom stereocenters. The molecule has 3 rings (SSSR count). The summed E-state index contributed by atoms with van der Waals surface area (Å²) in [5, 5.41) is 3.10. The number of fused-ring (bicyclic) bond motifs is 1. The van der Waals surface area contributed by atoms with E-state index < -0.39 is 24.4 Å². The summed E-state index contributed by atoms with van der Waals surface area (Å²) in [4.78, 5) is 37.3. The second-order valence-corrected chi connectivity index (χ2v) is 8.74. The lowest BCUT2D eigenvalue weighted by Gasteiger charge is -2.18. The molecule has 2 amide bonds. The number of amides is 2. The minimum atomic E-state index is -0.651. The summed E-state index contributed by atoms with van der Waals surface area (Å²) in [7, 11) is 0. The van der Waals surface area contributed by atoms with Crippen LogP contribution in [0.2, 0.25) is 0 Å². The number of para-hydroxylation sites is 1. The average Bonchev–Trinajstić information content (AvgIpc) is 3.02. The van der Waals surface area contributed by atoms with Crippen LogP contribution in [0.5, 0.6) is 5.75 Å². The Hall–Kier alpha value is -2.87. The maximum Gasteiger partial charge on any atom is 0.344 e. The normalized spacial score (nSPS) is 15.2. The fraction of sp³-hybridized carbons (Fsp3) is 0.409. The van der Waals surface area contributed by atoms with Crippen LogP contribution in [0, 0.1) is 19.8 Å². The number of ether oxygens (including phenoxy) is 2. The van der Waals surface area contributed by atoms with Crippen LogP contribution in [-0.2, 0) is 27.2 Å². The van der Waals surface area contributed by atoms with Crippen LogP contribution in [0.15, 0.2) is 18.2 Å². The first-order valence-corrected chi connectivity index (χ1v) is 10.7. The van der Waals surface area contributed by atoms with Gasteiger partial charge in [-0.15, -0.1) is 11.3 Å². The van der Waals surface area contributed by atoms with Gasteiger partial charge in [0.05, 0.1) is 5.56 Å². The molecule has 1 aromatic carbocycles. The number of hydrogen-bond donors (Lipinski definition) is 2. The van der Waals surface area contributed by atoms with Gasteiger partial charge in [-0.2, -0.15) is 0 Å². The number of thiophene rings is 1. The van der Waals surface area contributed by atoms with Crippen molar-refractivity contribution in [3.8, 4) is 5.75 Å². The molecule has 30 heavy (non-hydrogen) atoms. The molecular weight excluding hydrogens is 404 g/mol. The van der Waals surface area contributed by atoms with Crippen LogP contribution < -0.4 is 15.8 Å². The van der Waals surface area contributed by atoms with E-state index in [4.69, 9.17) is 15.2 Å². The van der Waals surface area contributed by atoms with E-state index in [0.29, 0.717) is 22.2 Å². The van der Waals surface area contributed by atoms with E-state index in [9.17, 15) is 14.4 Å². The fourth-order valence-corrected chi connectivity index (χ4v) is 5.04. The summed E-state index contributed by atoms with van der Waals surface area (Å²) in [6.07, 6.45) is 2.61. The fourth-order valence-electron chi connectivity index (χ4n) is 3.61. The maximum atomic E-state index is 12.3. The number of esters is 1. The Morgan fingerprint density at radius 2 is 1.90 bits per heavy atom. The minimum absolute atomic E-state index is 0.295. The van der Waals surface area contributed by atoms with Crippen molar-refractivity contribution in [3.63, 3.8) is 0 Å². The molecule has 1 heterocycles. The number of primary amides is 1. The summed E-state index contributed by atoms with van der Waals surface area (Å²) in [6, 6.07) is 5.68. The standard InChI is InChI=1S/C22H26N2O5S/c1-12-7-8-15-16(9-12)30-22(19(15)21(23)27)24-17(25)10-28-18(26)11-29-20-13(2)5-4-6-14(20)3/h4-6,12H,7-11H2,1-3H3,(H2,23,27)(H,24,25). The first kappa shape index (κ1) is 21.8. The van der Waals surface area contributed by atoms with Gasteiger partial charge >= 0.3 is 5.97 Å². The van der Waals surface area contributed by atoms with E-state index in [1.54, 1.807) is 0 Å². The van der Waals surface area contributed by atoms with E-state index in [2.05, 4.69) is 12.2 Å². The number of nitrogens with one attached hydrogen (secondary N) is 1. The van der Waals surface area contributed by atoms with Gasteiger partial charge in [-0.25, -0.2) is 4.79 Å². The Labute approximate surface area is 179 Å². The quantitative estimate of drug-likeness (QED) is 0.656. The van der Waals surface area contributed by atoms with Crippen LogP contribution in [0.1, 0.15) is 45.3 Å². The van der Waals surface area contributed by atoms with E-state index in [-0.39, 0.29) is 6.61 Å². The maximum absolute atomic E-state index is 12.3. The molecule has 2 aromatic rings. The molecule has 1 aliphatic rings. The summed E-state index contributed by atoms with van der Waals surface area (Å²) < 4.78 is 10.5. The highest BCUT2D eigenvalue weighted by atomic mass is 32.1. The zero-order valence-corrected chi connectivity index (χ0v) is 18.2. The van der Waals surface area contributed by atoms with Gasteiger partial charge in [0.2, 0.25) is 0 Å². The van der Waals surface area contributed by atoms with E-state index in [1.165, 1.54) is 11.3 Å². The molecule has 0 bridgehead atoms. The van der Waals surface area contributed by atoms with Gasteiger partial charge in [-0.1, -0.05) is 25.1 Å². The Morgan fingerprint density at radius 3 is 2.57 bits per heavy atom. The summed E-state index contributed by atoms with van der Waals surface area (Å²) in [5.41, 5.74) is 8.68. The third-order valence-electron chi connectivity index (χ3n) is 5.12. The van der Waals surface area contributed by atoms with Crippen LogP contribution in [0.25, 0.3) is 0 Å². The highest BCUT2D eigenvalue weighted by Gasteiger charge is 2.27. The number of rotatable bonds is 7. The van der Waals surface area contributed by atoms with Gasteiger partial charge in [-0.05, 0) is 55.7 Å². The molecule has 0 fully saturated rings. The molecule has 160 valence electrons. The van der Waals surface area contributed by atoms with Gasteiger partial charge in [0, 0.05) is 4.88 Å². The molecule has 0 saturated heterocycles. The van der Waals surface area contributed by atoms with Gasteiger partial charge < -0.3 is 20.5 Å². The number of hydrogen-bond acceptors (Lipinski definition) is 6. The number of anilines is 1. The first-order chi connectivity index (χ1) is 14.3. The zero-order chi connectivity index (χ0) is 21.8. The van der Waals surface area contributed by atoms with E-state index in [0.717, 1.165) is 40.8 Å². The van der Waals surface area contributed by atoms with Crippen molar-refractivity contribution in [2.45, 2.75) is 40.0 Å². The van der Waals surface area contributed by atoms with E-state index >= 15 is 0 Å². The molecule has 3 N–H and O–H groups in total. The van der Waals surface area contributed by atoms with Crippen molar-refractivity contribution in [2.24, 2.45) is 11.7 Å². The van der Waals surface area contributed by atoms with Crippen LogP contribution in [0.3, 0.4) is 0 Å². The number of nitrogens with two attached hydrogens (primary N) is 1. The molecule has 1 aromatic heterocycles. The van der Waals surface area contributed by atoms with Crippen molar-refractivity contribution in [1.82, 2.24) is 0 Å². The molecule has 1 unspecified atom stereocenters.